The standard InChI is InChI=1S/C24H19ClN2O3S/c1-15-7-10-18(13-16(15)2)26-23-14-22(20-5-3-4-6-21(20)24(23)28)27-31(29,30)19-11-8-17(25)9-12-19/h3-14,26H,1-2H3. The molecule has 156 valence electrons. The average Bonchev–Trinajstić information content (AvgIpc) is 2.74. The predicted octanol–water partition coefficient (Wildman–Crippen LogP) is 5.33. The maximum absolute atomic E-state index is 13.0. The number of carbonyl (C=O) groups excluding carboxylic acids is 1. The second-order valence-corrected chi connectivity index (χ2v) is 9.30. The summed E-state index contributed by atoms with van der Waals surface area (Å²) >= 11 is 5.87. The first kappa shape index (κ1) is 21.0. The van der Waals surface area contributed by atoms with Gasteiger partial charge in [-0.2, -0.15) is 12.8 Å². The van der Waals surface area contributed by atoms with Gasteiger partial charge in [-0.3, -0.25) is 4.79 Å². The SMILES string of the molecule is Cc1ccc(NC2=CC(=NS(=O)(=O)c3ccc(Cl)cc3)c3ccccc3C2=O)cc1C. The lowest BCUT2D eigenvalue weighted by atomic mass is 9.92. The minimum atomic E-state index is -4.00. The Hall–Kier alpha value is -3.22. The molecule has 0 bridgehead atoms. The van der Waals surface area contributed by atoms with Crippen LogP contribution in [0.4, 0.5) is 5.69 Å². The quantitative estimate of drug-likeness (QED) is 0.583. The molecule has 0 radical (unpaired) electrons. The lowest BCUT2D eigenvalue weighted by molar-refractivity contribution is 0.103. The lowest BCUT2D eigenvalue weighted by Crippen LogP contribution is -2.22. The highest BCUT2D eigenvalue weighted by Gasteiger charge is 2.26. The van der Waals surface area contributed by atoms with Gasteiger partial charge in [-0.25, -0.2) is 0 Å². The molecule has 3 aromatic carbocycles. The number of nitrogens with zero attached hydrogens (tertiary/aromatic N) is 1. The fraction of sp³-hybridized carbons (Fsp3) is 0.0833. The summed E-state index contributed by atoms with van der Waals surface area (Å²) in [6.45, 7) is 3.99. The molecule has 0 fully saturated rings. The van der Waals surface area contributed by atoms with Crippen LogP contribution in [0.5, 0.6) is 0 Å². The molecule has 0 saturated carbocycles. The Morgan fingerprint density at radius 2 is 1.55 bits per heavy atom. The van der Waals surface area contributed by atoms with Crippen LogP contribution in [0.3, 0.4) is 0 Å². The molecule has 7 heteroatoms. The van der Waals surface area contributed by atoms with Gasteiger partial charge in [-0.05, 0) is 67.4 Å². The van der Waals surface area contributed by atoms with Gasteiger partial charge in [0.05, 0.1) is 16.3 Å². The van der Waals surface area contributed by atoms with Crippen LogP contribution in [0, 0.1) is 13.8 Å². The second kappa shape index (κ2) is 8.13. The third-order valence-electron chi connectivity index (χ3n) is 5.09. The Morgan fingerprint density at radius 3 is 2.23 bits per heavy atom. The van der Waals surface area contributed by atoms with Crippen LogP contribution >= 0.6 is 11.6 Å². The summed E-state index contributed by atoms with van der Waals surface area (Å²) in [4.78, 5) is 13.1. The highest BCUT2D eigenvalue weighted by atomic mass is 35.5. The lowest BCUT2D eigenvalue weighted by Gasteiger charge is -2.19. The van der Waals surface area contributed by atoms with Gasteiger partial charge in [0, 0.05) is 21.8 Å². The van der Waals surface area contributed by atoms with E-state index < -0.39 is 10.0 Å². The zero-order valence-electron chi connectivity index (χ0n) is 16.9. The number of ketones is 1. The summed E-state index contributed by atoms with van der Waals surface area (Å²) in [5.74, 6) is -0.225. The molecule has 0 amide bonds. The van der Waals surface area contributed by atoms with Crippen molar-refractivity contribution in [2.45, 2.75) is 18.7 Å². The minimum Gasteiger partial charge on any atom is -0.352 e. The topological polar surface area (TPSA) is 75.6 Å². The average molecular weight is 451 g/mol. The molecular formula is C24H19ClN2O3S. The Balaban J connectivity index is 1.80. The number of aryl methyl sites for hydroxylation is 2. The number of hydrogen-bond acceptors (Lipinski definition) is 4. The third kappa shape index (κ3) is 4.31. The molecule has 4 rings (SSSR count). The van der Waals surface area contributed by atoms with Crippen LogP contribution in [-0.4, -0.2) is 19.9 Å². The first-order chi connectivity index (χ1) is 14.7. The smallest absolute Gasteiger partial charge is 0.282 e. The summed E-state index contributed by atoms with van der Waals surface area (Å²) in [5, 5.41) is 3.55. The summed E-state index contributed by atoms with van der Waals surface area (Å²) in [7, 11) is -4.00. The van der Waals surface area contributed by atoms with Gasteiger partial charge in [-0.1, -0.05) is 41.9 Å². The normalized spacial score (nSPS) is 14.9. The van der Waals surface area contributed by atoms with Crippen molar-refractivity contribution < 1.29 is 13.2 Å². The van der Waals surface area contributed by atoms with E-state index in [-0.39, 0.29) is 22.1 Å². The molecule has 0 aromatic heterocycles. The number of halogens is 1. The van der Waals surface area contributed by atoms with E-state index in [1.807, 2.05) is 32.0 Å². The summed E-state index contributed by atoms with van der Waals surface area (Å²) in [6.07, 6.45) is 1.48. The van der Waals surface area contributed by atoms with E-state index in [1.165, 1.54) is 30.3 Å². The second-order valence-electron chi connectivity index (χ2n) is 7.26. The largest absolute Gasteiger partial charge is 0.352 e. The Bertz CT molecular complexity index is 1360. The molecule has 1 aliphatic rings. The van der Waals surface area contributed by atoms with Crippen LogP contribution in [0.1, 0.15) is 27.0 Å². The van der Waals surface area contributed by atoms with Gasteiger partial charge in [0.25, 0.3) is 10.0 Å². The van der Waals surface area contributed by atoms with Gasteiger partial charge in [-0.15, -0.1) is 0 Å². The number of nitrogens with one attached hydrogen (secondary N) is 1. The molecule has 0 unspecified atom stereocenters. The number of hydrogen-bond donors (Lipinski definition) is 1. The Labute approximate surface area is 186 Å². The van der Waals surface area contributed by atoms with Gasteiger partial charge in [0.1, 0.15) is 0 Å². The van der Waals surface area contributed by atoms with Crippen LogP contribution in [0.2, 0.25) is 5.02 Å². The number of rotatable bonds is 4. The van der Waals surface area contributed by atoms with Gasteiger partial charge in [0.2, 0.25) is 5.78 Å². The molecule has 0 spiro atoms. The van der Waals surface area contributed by atoms with Crippen LogP contribution < -0.4 is 5.32 Å². The molecular weight excluding hydrogens is 432 g/mol. The van der Waals surface area contributed by atoms with Crippen LogP contribution in [0.25, 0.3) is 0 Å². The number of allylic oxidation sites excluding steroid dienone is 2. The van der Waals surface area contributed by atoms with Crippen molar-refractivity contribution in [2.75, 3.05) is 5.32 Å². The molecule has 3 aromatic rings. The van der Waals surface area contributed by atoms with Crippen molar-refractivity contribution in [1.82, 2.24) is 0 Å². The third-order valence-corrected chi connectivity index (χ3v) is 6.65. The van der Waals surface area contributed by atoms with E-state index in [4.69, 9.17) is 11.6 Å². The zero-order chi connectivity index (χ0) is 22.2. The van der Waals surface area contributed by atoms with Crippen LogP contribution in [0.15, 0.2) is 87.8 Å². The monoisotopic (exact) mass is 450 g/mol. The van der Waals surface area contributed by atoms with Gasteiger partial charge >= 0.3 is 0 Å². The maximum atomic E-state index is 13.0. The van der Waals surface area contributed by atoms with E-state index in [9.17, 15) is 13.2 Å². The number of anilines is 1. The van der Waals surface area contributed by atoms with Gasteiger partial charge in [0.15, 0.2) is 0 Å². The predicted molar refractivity (Wildman–Crippen MR) is 124 cm³/mol. The molecule has 5 nitrogen and oxygen atoms in total. The first-order valence-corrected chi connectivity index (χ1v) is 11.4. The van der Waals surface area contributed by atoms with Crippen molar-refractivity contribution in [1.29, 1.82) is 0 Å². The van der Waals surface area contributed by atoms with E-state index >= 15 is 0 Å². The molecule has 0 heterocycles. The molecule has 1 N–H and O–H groups in total. The van der Waals surface area contributed by atoms with Crippen molar-refractivity contribution >= 4 is 38.8 Å². The van der Waals surface area contributed by atoms with E-state index in [0.29, 0.717) is 16.1 Å². The first-order valence-electron chi connectivity index (χ1n) is 9.55. The Kier molecular flexibility index (Phi) is 5.52. The fourth-order valence-corrected chi connectivity index (χ4v) is 4.38. The molecule has 0 atom stereocenters. The number of Topliss-reactive ketones (excluding diaryl/α,β-unsaturated/α-hetero) is 1. The van der Waals surface area contributed by atoms with E-state index in [2.05, 4.69) is 9.71 Å². The molecule has 31 heavy (non-hydrogen) atoms. The zero-order valence-corrected chi connectivity index (χ0v) is 18.5. The van der Waals surface area contributed by atoms with Crippen molar-refractivity contribution in [3.05, 3.63) is 106 Å². The summed E-state index contributed by atoms with van der Waals surface area (Å²) in [5.41, 5.74) is 4.26. The van der Waals surface area contributed by atoms with Crippen LogP contribution in [-0.2, 0) is 10.0 Å². The van der Waals surface area contributed by atoms with Crippen molar-refractivity contribution in [3.8, 4) is 0 Å². The number of fused-ring (bicyclic) bond motifs is 1. The van der Waals surface area contributed by atoms with E-state index in [1.54, 1.807) is 24.3 Å². The Morgan fingerprint density at radius 1 is 0.871 bits per heavy atom. The molecule has 0 saturated heterocycles. The van der Waals surface area contributed by atoms with Crippen molar-refractivity contribution in [2.24, 2.45) is 4.40 Å². The number of carbonyl (C=O) groups is 1. The molecule has 1 aliphatic carbocycles. The summed E-state index contributed by atoms with van der Waals surface area (Å²) in [6, 6.07) is 18.4. The highest BCUT2D eigenvalue weighted by molar-refractivity contribution is 7.90. The van der Waals surface area contributed by atoms with Gasteiger partial charge < -0.3 is 5.32 Å². The van der Waals surface area contributed by atoms with E-state index in [0.717, 1.165) is 16.8 Å². The fourth-order valence-electron chi connectivity index (χ4n) is 3.26. The number of benzene rings is 3. The minimum absolute atomic E-state index is 0.0239. The number of sulfonamides is 1. The van der Waals surface area contributed by atoms with Crippen molar-refractivity contribution in [3.63, 3.8) is 0 Å². The maximum Gasteiger partial charge on any atom is 0.282 e. The highest BCUT2D eigenvalue weighted by Crippen LogP contribution is 2.26. The summed E-state index contributed by atoms with van der Waals surface area (Å²) < 4.78 is 29.8. The molecule has 0 aliphatic heterocycles.